The Morgan fingerprint density at radius 1 is 0.313 bits per heavy atom. The van der Waals surface area contributed by atoms with Crippen molar-refractivity contribution < 1.29 is 245 Å². The van der Waals surface area contributed by atoms with Crippen LogP contribution in [0.4, 0.5) is 0 Å². The number of rotatable bonds is 40. The van der Waals surface area contributed by atoms with E-state index in [0.29, 0.717) is 13.0 Å². The first-order valence-electron chi connectivity index (χ1n) is 42.0. The van der Waals surface area contributed by atoms with Crippen molar-refractivity contribution in [3.8, 4) is 0 Å². The van der Waals surface area contributed by atoms with Gasteiger partial charge in [-0.2, -0.15) is 0 Å². The first-order valence-corrected chi connectivity index (χ1v) is 42.0. The maximum absolute atomic E-state index is 13.6. The van der Waals surface area contributed by atoms with Gasteiger partial charge >= 0.3 is 23.9 Å². The van der Waals surface area contributed by atoms with Gasteiger partial charge in [0.15, 0.2) is 74.7 Å². The van der Waals surface area contributed by atoms with E-state index in [0.717, 1.165) is 48.2 Å². The lowest BCUT2D eigenvalue weighted by Crippen LogP contribution is -2.68. The molecule has 8 fully saturated rings. The molecular weight excluding hydrogens is 1820 g/mol. The normalized spacial score (nSPS) is 39.2. The Kier molecular flexibility index (Phi) is 49.6. The van der Waals surface area contributed by atoms with Crippen LogP contribution >= 0.6 is 0 Å². The summed E-state index contributed by atoms with van der Waals surface area (Å²) in [5, 5.41) is 218. The Morgan fingerprint density at radius 2 is 0.575 bits per heavy atom. The number of nitrogens with two attached hydrogens (primary N) is 2. The third-order valence-electron chi connectivity index (χ3n) is 22.4. The summed E-state index contributed by atoms with van der Waals surface area (Å²) in [5.41, 5.74) is 10.4. The molecule has 8 rings (SSSR count). The molecule has 0 bridgehead atoms. The highest BCUT2D eigenvalue weighted by atomic mass is 16.8. The average molecular weight is 1960 g/mol. The van der Waals surface area contributed by atoms with Crippen LogP contribution in [0, 0.1) is 0 Å². The zero-order valence-corrected chi connectivity index (χ0v) is 75.1. The molecule has 0 saturated carbocycles. The number of hydrogen-bond acceptors (Lipinski definition) is 48. The summed E-state index contributed by atoms with van der Waals surface area (Å²) in [5.74, 6) is -9.56. The maximum atomic E-state index is 13.6. The lowest BCUT2D eigenvalue weighted by molar-refractivity contribution is -0.339. The van der Waals surface area contributed by atoms with Gasteiger partial charge in [0.1, 0.15) is 183 Å². The minimum Gasteiger partial charge on any atom is -0.480 e. The van der Waals surface area contributed by atoms with Gasteiger partial charge in [0, 0.05) is 91.1 Å². The molecule has 42 atom stereocenters. The van der Waals surface area contributed by atoms with Crippen molar-refractivity contribution in [3.63, 3.8) is 0 Å². The van der Waals surface area contributed by atoms with E-state index in [1.54, 1.807) is 0 Å². The smallest absolute Gasteiger partial charge is 0.335 e. The number of carboxylic acids is 4. The van der Waals surface area contributed by atoms with Gasteiger partial charge in [0.2, 0.25) is 23.6 Å². The van der Waals surface area contributed by atoms with E-state index >= 15 is 0 Å². The molecule has 0 aromatic heterocycles. The second-order valence-electron chi connectivity index (χ2n) is 31.6. The monoisotopic (exact) mass is 1960 g/mol. The molecule has 0 aliphatic carbocycles. The lowest BCUT2D eigenvalue weighted by atomic mass is 9.95. The van der Waals surface area contributed by atoms with Gasteiger partial charge in [-0.1, -0.05) is 6.42 Å². The number of aliphatic hydroxyl groups is 16. The highest BCUT2D eigenvalue weighted by molar-refractivity contribution is 5.87. The molecule has 0 aromatic carbocycles. The Labute approximate surface area is 765 Å². The molecule has 0 spiro atoms. The molecule has 58 heteroatoms. The van der Waals surface area contributed by atoms with Gasteiger partial charge in [0.25, 0.3) is 11.8 Å². The first kappa shape index (κ1) is 118. The van der Waals surface area contributed by atoms with E-state index in [-0.39, 0.29) is 25.8 Å². The quantitative estimate of drug-likeness (QED) is 0.0253. The zero-order valence-electron chi connectivity index (χ0n) is 75.1. The van der Waals surface area contributed by atoms with Crippen molar-refractivity contribution in [1.82, 2.24) is 31.9 Å². The topological polar surface area (TPSA) is 884 Å². The van der Waals surface area contributed by atoms with Crippen LogP contribution in [-0.4, -0.2) is 515 Å². The fourth-order valence-electron chi connectivity index (χ4n) is 15.5. The van der Waals surface area contributed by atoms with Crippen molar-refractivity contribution >= 4 is 59.3 Å². The van der Waals surface area contributed by atoms with Gasteiger partial charge in [-0.25, -0.2) is 14.4 Å². The Bertz CT molecular complexity index is 3530. The van der Waals surface area contributed by atoms with E-state index < -0.39 is 343 Å². The lowest BCUT2D eigenvalue weighted by Gasteiger charge is -2.47. The molecule has 0 aromatic rings. The minimum atomic E-state index is -1.93. The number of amides is 6. The average Bonchev–Trinajstić information content (AvgIpc) is 0.787. The van der Waals surface area contributed by atoms with Gasteiger partial charge in [-0.05, 0) is 38.6 Å². The number of aliphatic carboxylic acids is 4. The summed E-state index contributed by atoms with van der Waals surface area (Å²) < 4.78 is 108. The van der Waals surface area contributed by atoms with Crippen molar-refractivity contribution in [3.05, 3.63) is 0 Å². The summed E-state index contributed by atoms with van der Waals surface area (Å²) in [4.78, 5) is 120. The largest absolute Gasteiger partial charge is 0.480 e. The van der Waals surface area contributed by atoms with Crippen LogP contribution in [0.25, 0.3) is 0 Å². The van der Waals surface area contributed by atoms with Crippen LogP contribution < -0.4 is 43.4 Å². The molecular formula is C76H132N8O50. The summed E-state index contributed by atoms with van der Waals surface area (Å²) in [6.07, 6.45) is -53.7. The van der Waals surface area contributed by atoms with Gasteiger partial charge in [0.05, 0.1) is 26.4 Å². The minimum absolute atomic E-state index is 0.0634. The van der Waals surface area contributed by atoms with E-state index in [1.165, 1.54) is 49.2 Å². The summed E-state index contributed by atoms with van der Waals surface area (Å²) in [7, 11) is 9.50. The number of carbonyl (C=O) groups is 10. The molecule has 6 amide bonds. The second kappa shape index (κ2) is 56.4. The number of aliphatic hydroxyl groups excluding tert-OH is 16. The Hall–Kier alpha value is -6.82. The zero-order chi connectivity index (χ0) is 101. The first-order chi connectivity index (χ1) is 63.3. The van der Waals surface area contributed by atoms with Crippen LogP contribution in [-0.2, 0) is 143 Å². The van der Waals surface area contributed by atoms with Crippen LogP contribution in [0.5, 0.6) is 0 Å². The second-order valence-corrected chi connectivity index (χ2v) is 31.6. The molecule has 18 unspecified atom stereocenters. The van der Waals surface area contributed by atoms with E-state index in [4.69, 9.17) is 111 Å². The molecule has 0 radical (unpaired) electrons. The number of hydrogen-bond donors (Lipinski definition) is 28. The molecule has 8 saturated heterocycles. The summed E-state index contributed by atoms with van der Waals surface area (Å²) >= 11 is 0. The highest BCUT2D eigenvalue weighted by Crippen LogP contribution is 2.37. The Morgan fingerprint density at radius 3 is 0.806 bits per heavy atom. The molecule has 30 N–H and O–H groups in total. The summed E-state index contributed by atoms with van der Waals surface area (Å²) in [6.45, 7) is 2.55. The van der Waals surface area contributed by atoms with Gasteiger partial charge in [-0.3, -0.25) is 33.6 Å². The summed E-state index contributed by atoms with van der Waals surface area (Å²) in [6, 6.07) is -6.99. The van der Waals surface area contributed by atoms with Crippen molar-refractivity contribution in [1.29, 1.82) is 0 Å². The SMILES string of the molecule is CO[C@@H]1OC(CO)[C@@H](O)[C@H](O[C@@H]2OC(C(=O)NCCCCC(NC(=O)C3O[C@H](OC4[C@@H](O)C(CO)O[C@H](OC)[C@@H]4NC(C)=O)[C@H](O)C(O)[C@H]3OC)C(=O)O)[C@@H](OC)[C@H](O)C2O)C1NC(C)=O.CO[C@@H]1OC(CO)[C@@H](O)[C@H](O[C@@H]2OC(C(=O)O)[C@@H](OC)[C@H](O)C2O)C1NC(C)=O.CO[C@@H]1OC(CO)[C@@H](O)[C@H](O[C@@H]2OC(C(=O)O)[C@@H](OC)[C@H](O)C2O)C1NC(C)=O.NCCCCC(N)C(=O)O. The van der Waals surface area contributed by atoms with Crippen LogP contribution in [0.15, 0.2) is 0 Å². The molecule has 8 aliphatic rings. The van der Waals surface area contributed by atoms with Crippen molar-refractivity contribution in [2.45, 2.75) is 324 Å². The number of ether oxygens (including phenoxy) is 20. The van der Waals surface area contributed by atoms with Crippen LogP contribution in [0.3, 0.4) is 0 Å². The maximum Gasteiger partial charge on any atom is 0.335 e. The van der Waals surface area contributed by atoms with Crippen molar-refractivity contribution in [2.75, 3.05) is 96.4 Å². The number of carboxylic acid groups (broad SMARTS) is 4. The number of methoxy groups -OCH3 is 8. The van der Waals surface area contributed by atoms with Crippen LogP contribution in [0.1, 0.15) is 66.2 Å². The Balaban J connectivity index is 0.000000382. The molecule has 8 heterocycles. The third-order valence-corrected chi connectivity index (χ3v) is 22.4. The fourth-order valence-corrected chi connectivity index (χ4v) is 15.5. The van der Waals surface area contributed by atoms with E-state index in [1.807, 2.05) is 0 Å². The third kappa shape index (κ3) is 30.8. The predicted octanol–water partition coefficient (Wildman–Crippen LogP) is -16.2. The molecule has 58 nitrogen and oxygen atoms in total. The fraction of sp³-hybridized carbons (Fsp3) is 0.868. The molecule has 776 valence electrons. The van der Waals surface area contributed by atoms with E-state index in [9.17, 15) is 145 Å². The van der Waals surface area contributed by atoms with Crippen molar-refractivity contribution in [2.24, 2.45) is 11.5 Å². The number of unbranched alkanes of at least 4 members (excludes halogenated alkanes) is 2. The standard InChI is InChI=1S/C38H64N4O24.2C16H27NO12.C6H14N2O2/c1-13(45)40-18-26(20(47)16(11-43)61-35(18)59-5)63-37-24(51)22(49)28(57-3)30(65-37)32(53)39-10-8-7-9-15(34(55)56)42-33(54)31-29(58-4)23(50)25(52)38(66-31)64-27-19(41-14(2)46)36(60-6)62-17(12-44)21(27)48;2*1-5(19)17-7-11(8(20)6(4-18)27-15(7)26-3)28-16-10(22)9(21)12(25-2)13(29-16)14(23)24;7-4-2-1-3-5(8)6(9)10/h15-31,35-38,43-44,47-52H,7-12H2,1-6H3,(H,39,53)(H,40,45)(H,41,46)(H,42,54)(H,55,56);2*6-13,15-16,18,20-22H,4H2,1-3H3,(H,17,19)(H,23,24);5H,1-4,7-8H2,(H,9,10)/t15?,16?,17?,18?,19-,20-,21+,22-,23?,24?,25-,26-,27?,28+,29-,30?,31?,35-,36+,37-,38+;2*6?,7?,8-,9-,10?,11-,12+,13?,15-,16-;/m111./s1. The van der Waals surface area contributed by atoms with E-state index in [2.05, 4.69) is 31.9 Å². The predicted molar refractivity (Wildman–Crippen MR) is 431 cm³/mol. The number of nitrogens with one attached hydrogen (secondary N) is 6. The molecule has 8 aliphatic heterocycles. The van der Waals surface area contributed by atoms with Crippen LogP contribution in [0.2, 0.25) is 0 Å². The number of carbonyl (C=O) groups excluding carboxylic acids is 6. The highest BCUT2D eigenvalue weighted by Gasteiger charge is 2.60. The molecule has 134 heavy (non-hydrogen) atoms. The van der Waals surface area contributed by atoms with Gasteiger partial charge < -0.3 is 240 Å². The van der Waals surface area contributed by atoms with Gasteiger partial charge in [-0.15, -0.1) is 0 Å².